The molecule has 0 saturated carbocycles. The normalized spacial score (nSPS) is 15.5. The first-order valence-electron chi connectivity index (χ1n) is 12.6. The molecule has 0 aromatic heterocycles. The van der Waals surface area contributed by atoms with Gasteiger partial charge in [-0.25, -0.2) is 4.79 Å². The zero-order chi connectivity index (χ0) is 28.2. The first kappa shape index (κ1) is 28.4. The second-order valence-electron chi connectivity index (χ2n) is 10.1. The number of carboxylic acid groups (broad SMARTS) is 1. The highest BCUT2D eigenvalue weighted by Crippen LogP contribution is 2.39. The summed E-state index contributed by atoms with van der Waals surface area (Å²) in [7, 11) is 0. The molecule has 1 unspecified atom stereocenters. The lowest BCUT2D eigenvalue weighted by molar-refractivity contribution is -0.145. The van der Waals surface area contributed by atoms with Crippen molar-refractivity contribution in [2.45, 2.75) is 45.8 Å². The average molecular weight is 562 g/mol. The Morgan fingerprint density at radius 2 is 1.72 bits per heavy atom. The molecule has 0 radical (unpaired) electrons. The van der Waals surface area contributed by atoms with Gasteiger partial charge in [0.1, 0.15) is 10.9 Å². The van der Waals surface area contributed by atoms with Crippen molar-refractivity contribution in [1.29, 1.82) is 0 Å². The molecular weight excluding hydrogens is 530 g/mol. The summed E-state index contributed by atoms with van der Waals surface area (Å²) in [6, 6.07) is 21.2. The first-order valence-corrected chi connectivity index (χ1v) is 13.8. The van der Waals surface area contributed by atoms with Crippen LogP contribution in [0, 0.1) is 0 Å². The summed E-state index contributed by atoms with van der Waals surface area (Å²) in [5, 5.41) is 9.89. The number of thioether (sulfide) groups is 1. The van der Waals surface area contributed by atoms with Crippen molar-refractivity contribution >= 4 is 46.3 Å². The average Bonchev–Trinajstić information content (AvgIpc) is 3.16. The molecule has 0 bridgehead atoms. The van der Waals surface area contributed by atoms with E-state index in [2.05, 4.69) is 45.0 Å². The molecule has 1 amide bonds. The van der Waals surface area contributed by atoms with E-state index in [1.54, 1.807) is 42.5 Å². The van der Waals surface area contributed by atoms with Crippen molar-refractivity contribution in [2.75, 3.05) is 6.61 Å². The van der Waals surface area contributed by atoms with E-state index in [0.29, 0.717) is 40.7 Å². The number of ether oxygens (including phenoxy) is 2. The van der Waals surface area contributed by atoms with Crippen LogP contribution < -0.4 is 9.47 Å². The predicted molar refractivity (Wildman–Crippen MR) is 159 cm³/mol. The fraction of sp³-hybridized carbons (Fsp3) is 0.258. The molecule has 1 heterocycles. The molecule has 6 nitrogen and oxygen atoms in total. The minimum absolute atomic E-state index is 0.0850. The van der Waals surface area contributed by atoms with Crippen molar-refractivity contribution in [2.24, 2.45) is 0 Å². The molecule has 1 saturated heterocycles. The summed E-state index contributed by atoms with van der Waals surface area (Å²) in [6.45, 7) is 9.27. The van der Waals surface area contributed by atoms with Crippen LogP contribution in [0.4, 0.5) is 0 Å². The Balaban J connectivity index is 1.53. The first-order chi connectivity index (χ1) is 18.6. The second kappa shape index (κ2) is 12.1. The molecule has 202 valence electrons. The van der Waals surface area contributed by atoms with Crippen LogP contribution in [0.25, 0.3) is 6.08 Å². The van der Waals surface area contributed by atoms with Gasteiger partial charge < -0.3 is 14.6 Å². The van der Waals surface area contributed by atoms with E-state index in [1.807, 2.05) is 19.1 Å². The number of benzene rings is 3. The highest BCUT2D eigenvalue weighted by Gasteiger charge is 2.41. The molecule has 39 heavy (non-hydrogen) atoms. The molecule has 8 heteroatoms. The maximum absolute atomic E-state index is 13.3. The van der Waals surface area contributed by atoms with Crippen molar-refractivity contribution in [3.8, 4) is 11.5 Å². The van der Waals surface area contributed by atoms with E-state index < -0.39 is 17.9 Å². The lowest BCUT2D eigenvalue weighted by Crippen LogP contribution is -2.37. The minimum atomic E-state index is -1.20. The third kappa shape index (κ3) is 6.69. The Morgan fingerprint density at radius 1 is 1.03 bits per heavy atom. The van der Waals surface area contributed by atoms with Crippen LogP contribution in [0.2, 0.25) is 0 Å². The van der Waals surface area contributed by atoms with E-state index in [-0.39, 0.29) is 9.74 Å². The Kier molecular flexibility index (Phi) is 8.77. The molecule has 0 aliphatic carbocycles. The Hall–Kier alpha value is -3.62. The summed E-state index contributed by atoms with van der Waals surface area (Å²) in [5.41, 5.74) is 3.59. The van der Waals surface area contributed by atoms with Gasteiger partial charge >= 0.3 is 5.97 Å². The third-order valence-corrected chi connectivity index (χ3v) is 7.54. The molecule has 3 aromatic rings. The molecule has 1 fully saturated rings. The van der Waals surface area contributed by atoms with Gasteiger partial charge in [-0.1, -0.05) is 105 Å². The van der Waals surface area contributed by atoms with E-state index >= 15 is 0 Å². The number of amides is 1. The summed E-state index contributed by atoms with van der Waals surface area (Å²) in [4.78, 5) is 26.9. The fourth-order valence-electron chi connectivity index (χ4n) is 4.16. The van der Waals surface area contributed by atoms with Gasteiger partial charge in [0.25, 0.3) is 5.91 Å². The maximum atomic E-state index is 13.3. The fourth-order valence-corrected chi connectivity index (χ4v) is 5.47. The number of carbonyl (C=O) groups excluding carboxylic acids is 1. The van der Waals surface area contributed by atoms with Crippen LogP contribution in [-0.4, -0.2) is 32.8 Å². The van der Waals surface area contributed by atoms with Crippen LogP contribution in [-0.2, 0) is 21.6 Å². The molecular formula is C31H31NO5S2. The molecule has 3 aromatic carbocycles. The van der Waals surface area contributed by atoms with Crippen LogP contribution in [0.3, 0.4) is 0 Å². The van der Waals surface area contributed by atoms with Crippen LogP contribution in [0.15, 0.2) is 77.7 Å². The van der Waals surface area contributed by atoms with Crippen LogP contribution in [0.5, 0.6) is 11.5 Å². The van der Waals surface area contributed by atoms with E-state index in [1.165, 1.54) is 5.56 Å². The number of rotatable bonds is 9. The highest BCUT2D eigenvalue weighted by atomic mass is 32.2. The number of hydrogen-bond acceptors (Lipinski definition) is 6. The summed E-state index contributed by atoms with van der Waals surface area (Å²) < 4.78 is 12.1. The van der Waals surface area contributed by atoms with Gasteiger partial charge in [0.05, 0.1) is 11.5 Å². The van der Waals surface area contributed by atoms with Gasteiger partial charge in [0, 0.05) is 0 Å². The topological polar surface area (TPSA) is 76.1 Å². The van der Waals surface area contributed by atoms with Crippen molar-refractivity contribution < 1.29 is 24.2 Å². The third-order valence-electron chi connectivity index (χ3n) is 6.21. The van der Waals surface area contributed by atoms with Gasteiger partial charge in [-0.2, -0.15) is 0 Å². The molecule has 1 aliphatic heterocycles. The zero-order valence-electron chi connectivity index (χ0n) is 22.3. The number of thiocarbonyl (C=S) groups is 1. The number of hydrogen-bond donors (Lipinski definition) is 1. The standard InChI is InChI=1S/C31H31NO5S2/c1-5-36-25-17-21(13-16-24(25)37-19-20-11-14-23(15-12-20)31(2,3)4)18-26-28(33)32(30(38)39-26)27(29(34)35)22-9-7-6-8-10-22/h6-18,27H,5,19H2,1-4H3,(H,34,35)/b26-18+. The highest BCUT2D eigenvalue weighted by molar-refractivity contribution is 8.26. The molecule has 1 N–H and O–H groups in total. The number of carbonyl (C=O) groups is 2. The smallest absolute Gasteiger partial charge is 0.331 e. The largest absolute Gasteiger partial charge is 0.490 e. The summed E-state index contributed by atoms with van der Waals surface area (Å²) in [5.74, 6) is -0.442. The Labute approximate surface area is 238 Å². The van der Waals surface area contributed by atoms with E-state index in [0.717, 1.165) is 22.2 Å². The summed E-state index contributed by atoms with van der Waals surface area (Å²) >= 11 is 6.51. The number of aliphatic carboxylic acids is 1. The van der Waals surface area contributed by atoms with Crippen LogP contribution >= 0.6 is 24.0 Å². The SMILES string of the molecule is CCOc1cc(/C=C2/SC(=S)N(C(C(=O)O)c3ccccc3)C2=O)ccc1OCc1ccc(C(C)(C)C)cc1. The van der Waals surface area contributed by atoms with Crippen molar-refractivity contribution in [3.05, 3.63) is 100.0 Å². The van der Waals surface area contributed by atoms with Crippen molar-refractivity contribution in [1.82, 2.24) is 4.90 Å². The van der Waals surface area contributed by atoms with Crippen LogP contribution in [0.1, 0.15) is 56.0 Å². The zero-order valence-corrected chi connectivity index (χ0v) is 24.0. The lowest BCUT2D eigenvalue weighted by Gasteiger charge is -2.23. The minimum Gasteiger partial charge on any atom is -0.490 e. The number of nitrogens with zero attached hydrogens (tertiary/aromatic N) is 1. The van der Waals surface area contributed by atoms with Gasteiger partial charge in [-0.3, -0.25) is 9.69 Å². The quantitative estimate of drug-likeness (QED) is 0.223. The Morgan fingerprint density at radius 3 is 2.33 bits per heavy atom. The Bertz CT molecular complexity index is 1390. The van der Waals surface area contributed by atoms with E-state index in [9.17, 15) is 14.7 Å². The van der Waals surface area contributed by atoms with Gasteiger partial charge in [-0.05, 0) is 52.8 Å². The summed E-state index contributed by atoms with van der Waals surface area (Å²) in [6.07, 6.45) is 1.70. The van der Waals surface area contributed by atoms with Gasteiger partial charge in [0.2, 0.25) is 0 Å². The maximum Gasteiger partial charge on any atom is 0.331 e. The number of carboxylic acids is 1. The van der Waals surface area contributed by atoms with Gasteiger partial charge in [-0.15, -0.1) is 0 Å². The molecule has 1 aliphatic rings. The van der Waals surface area contributed by atoms with Gasteiger partial charge in [0.15, 0.2) is 17.5 Å². The van der Waals surface area contributed by atoms with Crippen molar-refractivity contribution in [3.63, 3.8) is 0 Å². The molecule has 1 atom stereocenters. The monoisotopic (exact) mass is 561 g/mol. The molecule has 4 rings (SSSR count). The molecule has 0 spiro atoms. The lowest BCUT2D eigenvalue weighted by atomic mass is 9.87. The van der Waals surface area contributed by atoms with E-state index in [4.69, 9.17) is 21.7 Å². The predicted octanol–water partition coefficient (Wildman–Crippen LogP) is 6.99. The second-order valence-corrected chi connectivity index (χ2v) is 11.8.